The van der Waals surface area contributed by atoms with Gasteiger partial charge in [-0.1, -0.05) is 18.2 Å². The molecule has 0 bridgehead atoms. The van der Waals surface area contributed by atoms with Crippen LogP contribution in [0.4, 0.5) is 0 Å². The van der Waals surface area contributed by atoms with E-state index in [9.17, 15) is 0 Å². The quantitative estimate of drug-likeness (QED) is 0.739. The smallest absolute Gasteiger partial charge is 0.247 e. The molecule has 6 heteroatoms. The van der Waals surface area contributed by atoms with Crippen molar-refractivity contribution in [1.82, 2.24) is 24.9 Å². The highest BCUT2D eigenvalue weighted by Gasteiger charge is 2.23. The monoisotopic (exact) mass is 323 g/mol. The fourth-order valence-electron chi connectivity index (χ4n) is 3.38. The molecule has 0 saturated carbocycles. The number of aryl methyl sites for hydroxylation is 1. The molecule has 0 aliphatic carbocycles. The number of nitrogens with zero attached hydrogens (tertiary/aromatic N) is 5. The Hall–Kier alpha value is -2.47. The van der Waals surface area contributed by atoms with Crippen LogP contribution in [-0.4, -0.2) is 38.0 Å². The summed E-state index contributed by atoms with van der Waals surface area (Å²) in [7, 11) is 2.02. The molecule has 2 aromatic heterocycles. The van der Waals surface area contributed by atoms with Gasteiger partial charge >= 0.3 is 0 Å². The van der Waals surface area contributed by atoms with Gasteiger partial charge in [0.15, 0.2) is 0 Å². The topological polar surface area (TPSA) is 60.0 Å². The average Bonchev–Trinajstić information content (AvgIpc) is 3.26. The van der Waals surface area contributed by atoms with Crippen LogP contribution in [0, 0.1) is 0 Å². The zero-order valence-corrected chi connectivity index (χ0v) is 13.8. The second-order valence-electron chi connectivity index (χ2n) is 6.30. The third-order valence-corrected chi connectivity index (χ3v) is 4.71. The Balaban J connectivity index is 1.36. The number of rotatable bonds is 4. The number of likely N-dealkylation sites (tertiary alicyclic amines) is 1. The van der Waals surface area contributed by atoms with E-state index in [0.29, 0.717) is 17.7 Å². The Morgan fingerprint density at radius 1 is 1.08 bits per heavy atom. The van der Waals surface area contributed by atoms with Crippen LogP contribution in [0.5, 0.6) is 0 Å². The molecular weight excluding hydrogens is 302 g/mol. The Morgan fingerprint density at radius 2 is 1.88 bits per heavy atom. The first-order valence-corrected chi connectivity index (χ1v) is 8.37. The molecule has 3 heterocycles. The summed E-state index contributed by atoms with van der Waals surface area (Å²) >= 11 is 0. The molecule has 1 fully saturated rings. The van der Waals surface area contributed by atoms with Crippen LogP contribution < -0.4 is 0 Å². The molecule has 6 nitrogen and oxygen atoms in total. The molecule has 0 radical (unpaired) electrons. The Labute approximate surface area is 141 Å². The number of piperidine rings is 1. The van der Waals surface area contributed by atoms with Gasteiger partial charge in [-0.25, -0.2) is 0 Å². The first-order chi connectivity index (χ1) is 11.8. The summed E-state index contributed by atoms with van der Waals surface area (Å²) in [6.07, 6.45) is 4.16. The van der Waals surface area contributed by atoms with E-state index in [4.69, 9.17) is 4.42 Å². The van der Waals surface area contributed by atoms with Crippen LogP contribution >= 0.6 is 0 Å². The van der Waals surface area contributed by atoms with E-state index in [1.54, 1.807) is 0 Å². The molecule has 0 N–H and O–H groups in total. The van der Waals surface area contributed by atoms with E-state index < -0.39 is 0 Å². The minimum absolute atomic E-state index is 0.593. The van der Waals surface area contributed by atoms with Crippen LogP contribution in [-0.2, 0) is 13.6 Å². The van der Waals surface area contributed by atoms with Gasteiger partial charge in [-0.2, -0.15) is 5.10 Å². The molecule has 1 aliphatic rings. The molecule has 1 aromatic carbocycles. The van der Waals surface area contributed by atoms with Crippen molar-refractivity contribution in [3.05, 3.63) is 54.2 Å². The zero-order chi connectivity index (χ0) is 16.4. The van der Waals surface area contributed by atoms with Crippen LogP contribution in [0.25, 0.3) is 11.5 Å². The van der Waals surface area contributed by atoms with Crippen molar-refractivity contribution in [3.63, 3.8) is 0 Å². The predicted molar refractivity (Wildman–Crippen MR) is 90.2 cm³/mol. The molecule has 1 aliphatic heterocycles. The van der Waals surface area contributed by atoms with E-state index in [1.165, 1.54) is 5.69 Å². The minimum atomic E-state index is 0.593. The number of benzene rings is 1. The van der Waals surface area contributed by atoms with Gasteiger partial charge < -0.3 is 4.42 Å². The number of hydrogen-bond acceptors (Lipinski definition) is 5. The second-order valence-corrected chi connectivity index (χ2v) is 6.30. The molecule has 1 saturated heterocycles. The van der Waals surface area contributed by atoms with Gasteiger partial charge in [-0.15, -0.1) is 10.2 Å². The highest BCUT2D eigenvalue weighted by Crippen LogP contribution is 2.28. The maximum atomic E-state index is 5.81. The van der Waals surface area contributed by atoms with Crippen LogP contribution in [0.3, 0.4) is 0 Å². The van der Waals surface area contributed by atoms with E-state index in [2.05, 4.69) is 26.3 Å². The first-order valence-electron chi connectivity index (χ1n) is 8.37. The molecule has 0 spiro atoms. The van der Waals surface area contributed by atoms with Crippen molar-refractivity contribution in [2.45, 2.75) is 25.3 Å². The van der Waals surface area contributed by atoms with Gasteiger partial charge in [0.1, 0.15) is 0 Å². The van der Waals surface area contributed by atoms with Crippen molar-refractivity contribution in [1.29, 1.82) is 0 Å². The van der Waals surface area contributed by atoms with E-state index in [-0.39, 0.29) is 0 Å². The van der Waals surface area contributed by atoms with E-state index in [0.717, 1.165) is 38.0 Å². The summed E-state index contributed by atoms with van der Waals surface area (Å²) < 4.78 is 7.80. The molecule has 24 heavy (non-hydrogen) atoms. The highest BCUT2D eigenvalue weighted by atomic mass is 16.4. The number of hydrogen-bond donors (Lipinski definition) is 0. The normalized spacial score (nSPS) is 16.5. The third kappa shape index (κ3) is 3.10. The fourth-order valence-corrected chi connectivity index (χ4v) is 3.38. The van der Waals surface area contributed by atoms with E-state index in [1.807, 2.05) is 48.3 Å². The zero-order valence-electron chi connectivity index (χ0n) is 13.8. The second kappa shape index (κ2) is 6.57. The summed E-state index contributed by atoms with van der Waals surface area (Å²) in [5, 5.41) is 12.6. The van der Waals surface area contributed by atoms with Gasteiger partial charge in [-0.3, -0.25) is 9.58 Å². The predicted octanol–water partition coefficient (Wildman–Crippen LogP) is 2.85. The van der Waals surface area contributed by atoms with Crippen molar-refractivity contribution >= 4 is 0 Å². The SMILES string of the molecule is Cn1nccc1C1CCN(Cc2nnc(-c3ccccc3)o2)CC1. The molecule has 0 amide bonds. The minimum Gasteiger partial charge on any atom is -0.419 e. The number of aromatic nitrogens is 4. The summed E-state index contributed by atoms with van der Waals surface area (Å²) in [6, 6.07) is 12.0. The maximum absolute atomic E-state index is 5.81. The van der Waals surface area contributed by atoms with Crippen LogP contribution in [0.15, 0.2) is 47.0 Å². The third-order valence-electron chi connectivity index (χ3n) is 4.71. The molecule has 3 aromatic rings. The van der Waals surface area contributed by atoms with Crippen molar-refractivity contribution in [2.24, 2.45) is 7.05 Å². The Morgan fingerprint density at radius 3 is 2.58 bits per heavy atom. The summed E-state index contributed by atoms with van der Waals surface area (Å²) in [6.45, 7) is 2.80. The summed E-state index contributed by atoms with van der Waals surface area (Å²) in [5.74, 6) is 1.87. The fraction of sp³-hybridized carbons (Fsp3) is 0.389. The van der Waals surface area contributed by atoms with Crippen molar-refractivity contribution in [2.75, 3.05) is 13.1 Å². The van der Waals surface area contributed by atoms with Gasteiger partial charge in [-0.05, 0) is 44.1 Å². The standard InChI is InChI=1S/C18H21N5O/c1-22-16(7-10-19-22)14-8-11-23(12-9-14)13-17-20-21-18(24-17)15-5-3-2-4-6-15/h2-7,10,14H,8-9,11-13H2,1H3. The van der Waals surface area contributed by atoms with Gasteiger partial charge in [0, 0.05) is 30.4 Å². The van der Waals surface area contributed by atoms with Gasteiger partial charge in [0.05, 0.1) is 6.54 Å². The molecule has 0 atom stereocenters. The van der Waals surface area contributed by atoms with Crippen molar-refractivity contribution < 1.29 is 4.42 Å². The molecular formula is C18H21N5O. The highest BCUT2D eigenvalue weighted by molar-refractivity contribution is 5.51. The lowest BCUT2D eigenvalue weighted by Gasteiger charge is -2.30. The molecule has 124 valence electrons. The van der Waals surface area contributed by atoms with Crippen LogP contribution in [0.2, 0.25) is 0 Å². The van der Waals surface area contributed by atoms with Crippen LogP contribution in [0.1, 0.15) is 30.3 Å². The van der Waals surface area contributed by atoms with Gasteiger partial charge in [0.25, 0.3) is 0 Å². The van der Waals surface area contributed by atoms with Crippen molar-refractivity contribution in [3.8, 4) is 11.5 Å². The molecule has 4 rings (SSSR count). The Kier molecular flexibility index (Phi) is 4.13. The summed E-state index contributed by atoms with van der Waals surface area (Å²) in [4.78, 5) is 2.38. The summed E-state index contributed by atoms with van der Waals surface area (Å²) in [5.41, 5.74) is 2.30. The Bertz CT molecular complexity index is 787. The van der Waals surface area contributed by atoms with E-state index >= 15 is 0 Å². The average molecular weight is 323 g/mol. The first kappa shape index (κ1) is 15.1. The maximum Gasteiger partial charge on any atom is 0.247 e. The van der Waals surface area contributed by atoms with Gasteiger partial charge in [0.2, 0.25) is 11.8 Å². The molecule has 0 unspecified atom stereocenters. The lowest BCUT2D eigenvalue weighted by atomic mass is 9.93. The largest absolute Gasteiger partial charge is 0.419 e. The lowest BCUT2D eigenvalue weighted by Crippen LogP contribution is -2.33. The lowest BCUT2D eigenvalue weighted by molar-refractivity contribution is 0.185.